The van der Waals surface area contributed by atoms with Crippen molar-refractivity contribution in [1.82, 2.24) is 10.2 Å². The van der Waals surface area contributed by atoms with Crippen LogP contribution in [0.25, 0.3) is 0 Å². The van der Waals surface area contributed by atoms with Gasteiger partial charge in [0.1, 0.15) is 0 Å². The number of likely N-dealkylation sites (tertiary alicyclic amines) is 1. The van der Waals surface area contributed by atoms with Gasteiger partial charge in [0, 0.05) is 35.7 Å². The molecule has 16 heavy (non-hydrogen) atoms. The van der Waals surface area contributed by atoms with E-state index in [0.29, 0.717) is 6.04 Å². The number of hydrogen-bond acceptors (Lipinski definition) is 2. The van der Waals surface area contributed by atoms with Gasteiger partial charge in [-0.3, -0.25) is 4.90 Å². The molecule has 0 amide bonds. The average molecular weight is 259 g/mol. The Kier molecular flexibility index (Phi) is 4.09. The molecule has 4 heteroatoms. The highest BCUT2D eigenvalue weighted by atomic mass is 35.5. The average Bonchev–Trinajstić information content (AvgIpc) is 2.71. The van der Waals surface area contributed by atoms with E-state index in [1.807, 2.05) is 25.2 Å². The fourth-order valence-corrected chi connectivity index (χ4v) is 2.49. The molecule has 1 N–H and O–H groups in total. The molecule has 0 bridgehead atoms. The van der Waals surface area contributed by atoms with Gasteiger partial charge in [0.15, 0.2) is 0 Å². The summed E-state index contributed by atoms with van der Waals surface area (Å²) in [5.74, 6) is 0. The lowest BCUT2D eigenvalue weighted by Gasteiger charge is -2.16. The molecule has 2 nitrogen and oxygen atoms in total. The maximum atomic E-state index is 6.14. The van der Waals surface area contributed by atoms with Gasteiger partial charge in [0.25, 0.3) is 0 Å². The summed E-state index contributed by atoms with van der Waals surface area (Å²) >= 11 is 12.1. The molecule has 1 saturated heterocycles. The van der Waals surface area contributed by atoms with Crippen molar-refractivity contribution in [2.24, 2.45) is 0 Å². The topological polar surface area (TPSA) is 15.3 Å². The van der Waals surface area contributed by atoms with Crippen LogP contribution in [0.2, 0.25) is 10.0 Å². The number of halogens is 2. The molecule has 0 saturated carbocycles. The van der Waals surface area contributed by atoms with Gasteiger partial charge in [-0.15, -0.1) is 0 Å². The maximum absolute atomic E-state index is 6.14. The molecule has 1 fully saturated rings. The van der Waals surface area contributed by atoms with E-state index in [0.717, 1.165) is 35.2 Å². The third-order valence-corrected chi connectivity index (χ3v) is 3.69. The van der Waals surface area contributed by atoms with Crippen molar-refractivity contribution in [2.75, 3.05) is 20.1 Å². The Morgan fingerprint density at radius 1 is 1.44 bits per heavy atom. The van der Waals surface area contributed by atoms with Crippen molar-refractivity contribution >= 4 is 23.2 Å². The summed E-state index contributed by atoms with van der Waals surface area (Å²) < 4.78 is 0. The summed E-state index contributed by atoms with van der Waals surface area (Å²) in [6, 6.07) is 6.26. The minimum Gasteiger partial charge on any atom is -0.316 e. The molecule has 1 aliphatic heterocycles. The third kappa shape index (κ3) is 2.89. The molecule has 0 aliphatic carbocycles. The first-order chi connectivity index (χ1) is 7.69. The normalized spacial score (nSPS) is 21.6. The Hall–Kier alpha value is -0.280. The number of hydrogen-bond donors (Lipinski definition) is 1. The van der Waals surface area contributed by atoms with Gasteiger partial charge in [-0.25, -0.2) is 0 Å². The van der Waals surface area contributed by atoms with Crippen molar-refractivity contribution in [1.29, 1.82) is 0 Å². The second-order valence-corrected chi connectivity index (χ2v) is 5.09. The molecule has 1 atom stereocenters. The maximum Gasteiger partial charge on any atom is 0.0452 e. The van der Waals surface area contributed by atoms with E-state index in [9.17, 15) is 0 Å². The Balaban J connectivity index is 2.01. The molecule has 0 aromatic heterocycles. The second kappa shape index (κ2) is 5.37. The number of rotatable bonds is 3. The number of nitrogens with zero attached hydrogens (tertiary/aromatic N) is 1. The van der Waals surface area contributed by atoms with Gasteiger partial charge in [-0.1, -0.05) is 23.2 Å². The third-order valence-electron chi connectivity index (χ3n) is 3.08. The monoisotopic (exact) mass is 258 g/mol. The predicted molar refractivity (Wildman–Crippen MR) is 69.2 cm³/mol. The van der Waals surface area contributed by atoms with Gasteiger partial charge >= 0.3 is 0 Å². The molecule has 0 radical (unpaired) electrons. The predicted octanol–water partition coefficient (Wildman–Crippen LogP) is 2.79. The van der Waals surface area contributed by atoms with Crippen molar-refractivity contribution in [3.63, 3.8) is 0 Å². The lowest BCUT2D eigenvalue weighted by atomic mass is 10.2. The first kappa shape index (κ1) is 12.2. The lowest BCUT2D eigenvalue weighted by molar-refractivity contribution is 0.322. The van der Waals surface area contributed by atoms with Crippen molar-refractivity contribution < 1.29 is 0 Å². The molecule has 2 rings (SSSR count). The van der Waals surface area contributed by atoms with E-state index >= 15 is 0 Å². The summed E-state index contributed by atoms with van der Waals surface area (Å²) in [6.45, 7) is 3.09. The molecule has 0 spiro atoms. The van der Waals surface area contributed by atoms with Crippen LogP contribution in [0.1, 0.15) is 12.0 Å². The van der Waals surface area contributed by atoms with Gasteiger partial charge in [0.2, 0.25) is 0 Å². The highest BCUT2D eigenvalue weighted by Crippen LogP contribution is 2.23. The van der Waals surface area contributed by atoms with Crippen LogP contribution in [-0.2, 0) is 6.54 Å². The highest BCUT2D eigenvalue weighted by Gasteiger charge is 2.21. The van der Waals surface area contributed by atoms with Crippen LogP contribution in [0.4, 0.5) is 0 Å². The quantitative estimate of drug-likeness (QED) is 0.897. The number of nitrogens with one attached hydrogen (secondary N) is 1. The minimum absolute atomic E-state index is 0.609. The van der Waals surface area contributed by atoms with Gasteiger partial charge in [-0.05, 0) is 37.2 Å². The second-order valence-electron chi connectivity index (χ2n) is 4.25. The van der Waals surface area contributed by atoms with Crippen LogP contribution >= 0.6 is 23.2 Å². The van der Waals surface area contributed by atoms with Crippen LogP contribution in [0.3, 0.4) is 0 Å². The van der Waals surface area contributed by atoms with Gasteiger partial charge in [-0.2, -0.15) is 0 Å². The van der Waals surface area contributed by atoms with Crippen molar-refractivity contribution in [2.45, 2.75) is 19.0 Å². The SMILES string of the molecule is CNC1CCN(Cc2cc(Cl)ccc2Cl)C1. The molecule has 88 valence electrons. The Labute approximate surface area is 107 Å². The summed E-state index contributed by atoms with van der Waals surface area (Å²) in [6.07, 6.45) is 1.20. The number of likely N-dealkylation sites (N-methyl/N-ethyl adjacent to an activating group) is 1. The zero-order chi connectivity index (χ0) is 11.5. The summed E-state index contributed by atoms with van der Waals surface area (Å²) in [5.41, 5.74) is 1.12. The van der Waals surface area contributed by atoms with Crippen LogP contribution < -0.4 is 5.32 Å². The van der Waals surface area contributed by atoms with Gasteiger partial charge < -0.3 is 5.32 Å². The first-order valence-corrected chi connectivity index (χ1v) is 6.28. The van der Waals surface area contributed by atoms with Gasteiger partial charge in [0.05, 0.1) is 0 Å². The van der Waals surface area contributed by atoms with E-state index in [1.54, 1.807) is 0 Å². The summed E-state index contributed by atoms with van der Waals surface area (Å²) in [4.78, 5) is 2.40. The Morgan fingerprint density at radius 3 is 2.94 bits per heavy atom. The fourth-order valence-electron chi connectivity index (χ4n) is 2.12. The first-order valence-electron chi connectivity index (χ1n) is 5.52. The van der Waals surface area contributed by atoms with Crippen LogP contribution in [0.15, 0.2) is 18.2 Å². The largest absolute Gasteiger partial charge is 0.316 e. The van der Waals surface area contributed by atoms with Crippen LogP contribution in [0.5, 0.6) is 0 Å². The standard InChI is InChI=1S/C12H16Cl2N2/c1-15-11-4-5-16(8-11)7-9-6-10(13)2-3-12(9)14/h2-3,6,11,15H,4-5,7-8H2,1H3. The molecule has 1 heterocycles. The van der Waals surface area contributed by atoms with Crippen LogP contribution in [0, 0.1) is 0 Å². The van der Waals surface area contributed by atoms with E-state index < -0.39 is 0 Å². The lowest BCUT2D eigenvalue weighted by Crippen LogP contribution is -2.29. The molecule has 1 aromatic carbocycles. The molecule has 1 unspecified atom stereocenters. The Bertz CT molecular complexity index is 368. The minimum atomic E-state index is 0.609. The van der Waals surface area contributed by atoms with E-state index in [1.165, 1.54) is 6.42 Å². The molecule has 1 aromatic rings. The summed E-state index contributed by atoms with van der Waals surface area (Å²) in [5, 5.41) is 4.86. The van der Waals surface area contributed by atoms with Crippen LogP contribution in [-0.4, -0.2) is 31.1 Å². The smallest absolute Gasteiger partial charge is 0.0452 e. The molecule has 1 aliphatic rings. The zero-order valence-corrected chi connectivity index (χ0v) is 10.9. The Morgan fingerprint density at radius 2 is 2.25 bits per heavy atom. The van der Waals surface area contributed by atoms with Crippen molar-refractivity contribution in [3.05, 3.63) is 33.8 Å². The van der Waals surface area contributed by atoms with E-state index in [-0.39, 0.29) is 0 Å². The molecular weight excluding hydrogens is 243 g/mol. The highest BCUT2D eigenvalue weighted by molar-refractivity contribution is 6.33. The van der Waals surface area contributed by atoms with E-state index in [4.69, 9.17) is 23.2 Å². The molecular formula is C12H16Cl2N2. The summed E-state index contributed by atoms with van der Waals surface area (Å²) in [7, 11) is 2.01. The number of benzene rings is 1. The van der Waals surface area contributed by atoms with E-state index in [2.05, 4.69) is 10.2 Å². The fraction of sp³-hybridized carbons (Fsp3) is 0.500. The zero-order valence-electron chi connectivity index (χ0n) is 9.34. The van der Waals surface area contributed by atoms with Crippen molar-refractivity contribution in [3.8, 4) is 0 Å².